The fourth-order valence-electron chi connectivity index (χ4n) is 1.83. The Balaban J connectivity index is 1.99. The monoisotopic (exact) mass is 191 g/mol. The van der Waals surface area contributed by atoms with Crippen molar-refractivity contribution < 1.29 is 0 Å². The van der Waals surface area contributed by atoms with Gasteiger partial charge in [0.15, 0.2) is 0 Å². The number of hydrogen-bond donors (Lipinski definition) is 2. The Labute approximate surface area is 84.9 Å². The highest BCUT2D eigenvalue weighted by Crippen LogP contribution is 2.15. The molecule has 0 amide bonds. The maximum Gasteiger partial charge on any atom is 0.0403 e. The van der Waals surface area contributed by atoms with E-state index in [1.54, 1.807) is 0 Å². The van der Waals surface area contributed by atoms with Crippen molar-refractivity contribution in [2.45, 2.75) is 25.8 Å². The Morgan fingerprint density at radius 1 is 1.57 bits per heavy atom. The van der Waals surface area contributed by atoms with Crippen molar-refractivity contribution in [3.05, 3.63) is 24.0 Å². The standard InChI is InChI=1S/C11H17N3/c1-9-7-13-6-4-11(9)14-10-3-2-5-12-8-10/h4,6-7,10,12H,2-3,5,8H2,1H3,(H,13,14). The maximum atomic E-state index is 4.08. The van der Waals surface area contributed by atoms with Crippen LogP contribution in [-0.4, -0.2) is 24.1 Å². The third kappa shape index (κ3) is 2.23. The van der Waals surface area contributed by atoms with Crippen LogP contribution in [0, 0.1) is 6.92 Å². The van der Waals surface area contributed by atoms with Gasteiger partial charge in [-0.05, 0) is 37.9 Å². The predicted molar refractivity (Wildman–Crippen MR) is 58.5 cm³/mol. The molecule has 1 atom stereocenters. The molecule has 1 aliphatic rings. The Hall–Kier alpha value is -1.09. The molecule has 1 aromatic heterocycles. The molecule has 1 aromatic rings. The van der Waals surface area contributed by atoms with Crippen LogP contribution in [0.25, 0.3) is 0 Å². The lowest BCUT2D eigenvalue weighted by molar-refractivity contribution is 0.479. The highest BCUT2D eigenvalue weighted by Gasteiger charge is 2.12. The van der Waals surface area contributed by atoms with Crippen molar-refractivity contribution in [2.75, 3.05) is 18.4 Å². The molecule has 0 bridgehead atoms. The topological polar surface area (TPSA) is 37.0 Å². The molecule has 1 unspecified atom stereocenters. The molecule has 2 heterocycles. The number of rotatable bonds is 2. The SMILES string of the molecule is Cc1cnccc1NC1CCCNC1. The van der Waals surface area contributed by atoms with Gasteiger partial charge in [0.25, 0.3) is 0 Å². The van der Waals surface area contributed by atoms with E-state index in [-0.39, 0.29) is 0 Å². The van der Waals surface area contributed by atoms with E-state index in [4.69, 9.17) is 0 Å². The number of nitrogens with zero attached hydrogens (tertiary/aromatic N) is 1. The maximum absolute atomic E-state index is 4.08. The number of hydrogen-bond acceptors (Lipinski definition) is 3. The Morgan fingerprint density at radius 2 is 2.50 bits per heavy atom. The summed E-state index contributed by atoms with van der Waals surface area (Å²) in [6, 6.07) is 2.62. The average molecular weight is 191 g/mol. The second kappa shape index (κ2) is 4.42. The molecular formula is C11H17N3. The first-order chi connectivity index (χ1) is 6.86. The summed E-state index contributed by atoms with van der Waals surface area (Å²) in [6.45, 7) is 4.32. The van der Waals surface area contributed by atoms with E-state index in [9.17, 15) is 0 Å². The molecular weight excluding hydrogens is 174 g/mol. The molecule has 2 N–H and O–H groups in total. The Bertz CT molecular complexity index is 292. The van der Waals surface area contributed by atoms with Gasteiger partial charge >= 0.3 is 0 Å². The largest absolute Gasteiger partial charge is 0.381 e. The first kappa shape index (κ1) is 9.46. The summed E-state index contributed by atoms with van der Waals surface area (Å²) < 4.78 is 0. The molecule has 0 aromatic carbocycles. The number of aryl methyl sites for hydroxylation is 1. The third-order valence-electron chi connectivity index (χ3n) is 2.68. The molecule has 14 heavy (non-hydrogen) atoms. The Morgan fingerprint density at radius 3 is 3.21 bits per heavy atom. The van der Waals surface area contributed by atoms with Crippen molar-refractivity contribution in [1.29, 1.82) is 0 Å². The van der Waals surface area contributed by atoms with Gasteiger partial charge in [0.05, 0.1) is 0 Å². The highest BCUT2D eigenvalue weighted by atomic mass is 15.0. The van der Waals surface area contributed by atoms with E-state index < -0.39 is 0 Å². The second-order valence-electron chi connectivity index (χ2n) is 3.88. The normalized spacial score (nSPS) is 21.9. The summed E-state index contributed by atoms with van der Waals surface area (Å²) in [5.74, 6) is 0. The summed E-state index contributed by atoms with van der Waals surface area (Å²) in [6.07, 6.45) is 6.26. The lowest BCUT2D eigenvalue weighted by Crippen LogP contribution is -2.38. The van der Waals surface area contributed by atoms with Crippen LogP contribution in [0.3, 0.4) is 0 Å². The van der Waals surface area contributed by atoms with Gasteiger partial charge in [-0.1, -0.05) is 0 Å². The fourth-order valence-corrected chi connectivity index (χ4v) is 1.83. The first-order valence-electron chi connectivity index (χ1n) is 5.24. The highest BCUT2D eigenvalue weighted by molar-refractivity contribution is 5.49. The van der Waals surface area contributed by atoms with Crippen molar-refractivity contribution in [1.82, 2.24) is 10.3 Å². The fraction of sp³-hybridized carbons (Fsp3) is 0.545. The van der Waals surface area contributed by atoms with Crippen LogP contribution in [0.15, 0.2) is 18.5 Å². The number of pyridine rings is 1. The smallest absolute Gasteiger partial charge is 0.0403 e. The van der Waals surface area contributed by atoms with E-state index in [0.717, 1.165) is 13.1 Å². The molecule has 0 spiro atoms. The van der Waals surface area contributed by atoms with E-state index in [1.807, 2.05) is 18.5 Å². The van der Waals surface area contributed by atoms with Gasteiger partial charge < -0.3 is 10.6 Å². The number of nitrogens with one attached hydrogen (secondary N) is 2. The zero-order valence-corrected chi connectivity index (χ0v) is 8.59. The van der Waals surface area contributed by atoms with Gasteiger partial charge in [-0.25, -0.2) is 0 Å². The lowest BCUT2D eigenvalue weighted by Gasteiger charge is -2.25. The van der Waals surface area contributed by atoms with E-state index >= 15 is 0 Å². The molecule has 76 valence electrons. The van der Waals surface area contributed by atoms with Gasteiger partial charge in [0, 0.05) is 30.7 Å². The minimum atomic E-state index is 0.574. The van der Waals surface area contributed by atoms with Gasteiger partial charge in [0.1, 0.15) is 0 Å². The summed E-state index contributed by atoms with van der Waals surface area (Å²) in [4.78, 5) is 4.08. The quantitative estimate of drug-likeness (QED) is 0.744. The third-order valence-corrected chi connectivity index (χ3v) is 2.68. The van der Waals surface area contributed by atoms with E-state index in [2.05, 4.69) is 22.5 Å². The van der Waals surface area contributed by atoms with E-state index in [1.165, 1.54) is 24.1 Å². The lowest BCUT2D eigenvalue weighted by atomic mass is 10.1. The minimum absolute atomic E-state index is 0.574. The van der Waals surface area contributed by atoms with Crippen molar-refractivity contribution in [3.8, 4) is 0 Å². The van der Waals surface area contributed by atoms with Crippen LogP contribution in [-0.2, 0) is 0 Å². The van der Waals surface area contributed by atoms with Crippen molar-refractivity contribution in [2.24, 2.45) is 0 Å². The summed E-state index contributed by atoms with van der Waals surface area (Å²) in [5, 5.41) is 6.94. The first-order valence-corrected chi connectivity index (χ1v) is 5.24. The Kier molecular flexibility index (Phi) is 2.99. The van der Waals surface area contributed by atoms with Crippen LogP contribution in [0.4, 0.5) is 5.69 Å². The second-order valence-corrected chi connectivity index (χ2v) is 3.88. The van der Waals surface area contributed by atoms with Crippen LogP contribution < -0.4 is 10.6 Å². The summed E-state index contributed by atoms with van der Waals surface area (Å²) >= 11 is 0. The average Bonchev–Trinajstić information content (AvgIpc) is 2.23. The summed E-state index contributed by atoms with van der Waals surface area (Å²) in [5.41, 5.74) is 2.44. The molecule has 0 radical (unpaired) electrons. The zero-order chi connectivity index (χ0) is 9.80. The molecule has 1 aliphatic heterocycles. The van der Waals surface area contributed by atoms with Crippen molar-refractivity contribution >= 4 is 5.69 Å². The van der Waals surface area contributed by atoms with Crippen LogP contribution >= 0.6 is 0 Å². The number of anilines is 1. The molecule has 1 saturated heterocycles. The summed E-state index contributed by atoms with van der Waals surface area (Å²) in [7, 11) is 0. The predicted octanol–water partition coefficient (Wildman–Crippen LogP) is 1.55. The van der Waals surface area contributed by atoms with Crippen molar-refractivity contribution in [3.63, 3.8) is 0 Å². The van der Waals surface area contributed by atoms with E-state index in [0.29, 0.717) is 6.04 Å². The van der Waals surface area contributed by atoms with Crippen LogP contribution in [0.5, 0.6) is 0 Å². The van der Waals surface area contributed by atoms with Crippen LogP contribution in [0.1, 0.15) is 18.4 Å². The molecule has 1 fully saturated rings. The molecule has 3 heteroatoms. The number of aromatic nitrogens is 1. The minimum Gasteiger partial charge on any atom is -0.381 e. The van der Waals surface area contributed by atoms with Gasteiger partial charge in [-0.15, -0.1) is 0 Å². The molecule has 3 nitrogen and oxygen atoms in total. The number of piperidine rings is 1. The molecule has 2 rings (SSSR count). The molecule has 0 saturated carbocycles. The van der Waals surface area contributed by atoms with Crippen LogP contribution in [0.2, 0.25) is 0 Å². The molecule has 0 aliphatic carbocycles. The van der Waals surface area contributed by atoms with Gasteiger partial charge in [-0.3, -0.25) is 4.98 Å². The van der Waals surface area contributed by atoms with Gasteiger partial charge in [-0.2, -0.15) is 0 Å². The zero-order valence-electron chi connectivity index (χ0n) is 8.59. The van der Waals surface area contributed by atoms with Gasteiger partial charge in [0.2, 0.25) is 0 Å².